The molecule has 3 saturated heterocycles. The van der Waals surface area contributed by atoms with E-state index in [9.17, 15) is 58.9 Å². The van der Waals surface area contributed by atoms with Crippen molar-refractivity contribution in [3.63, 3.8) is 0 Å². The number of thiophene rings is 2. The summed E-state index contributed by atoms with van der Waals surface area (Å²) in [4.78, 5) is 69.1. The summed E-state index contributed by atoms with van der Waals surface area (Å²) in [5.41, 5.74) is 25.6. The molecule has 6 aliphatic rings. The number of furan rings is 3. The van der Waals surface area contributed by atoms with Crippen LogP contribution in [0.1, 0.15) is 164 Å². The topological polar surface area (TPSA) is 384 Å². The second-order valence-corrected chi connectivity index (χ2v) is 37.2. The van der Waals surface area contributed by atoms with Crippen molar-refractivity contribution in [2.75, 3.05) is 85.5 Å². The lowest BCUT2D eigenvalue weighted by Gasteiger charge is -2.39. The van der Waals surface area contributed by atoms with E-state index in [4.69, 9.17) is 35.2 Å². The van der Waals surface area contributed by atoms with E-state index in [1.807, 2.05) is 104 Å². The molecule has 0 saturated carbocycles. The van der Waals surface area contributed by atoms with Crippen molar-refractivity contribution in [2.24, 2.45) is 17.2 Å². The Bertz CT molecular complexity index is 6010. The van der Waals surface area contributed by atoms with Crippen LogP contribution >= 0.6 is 38.6 Å². The van der Waals surface area contributed by atoms with E-state index in [0.717, 1.165) is 76.6 Å². The number of methoxy groups -OCH3 is 1. The Morgan fingerprint density at radius 2 is 0.958 bits per heavy atom. The van der Waals surface area contributed by atoms with E-state index in [1.54, 1.807) is 64.4 Å². The molecule has 3 fully saturated rings. The number of benzene rings is 5. The Hall–Kier alpha value is -10.8. The van der Waals surface area contributed by atoms with Gasteiger partial charge in [-0.2, -0.15) is 16.8 Å². The third-order valence-corrected chi connectivity index (χ3v) is 30.2. The Morgan fingerprint density at radius 3 is 1.37 bits per heavy atom. The fraction of sp³-hybridized carbons (Fsp3) is 0.306. The van der Waals surface area contributed by atoms with Gasteiger partial charge in [-0.1, -0.05) is 103 Å². The minimum absolute atomic E-state index is 0.0415. The molecule has 0 atom stereocenters. The van der Waals surface area contributed by atoms with E-state index in [1.165, 1.54) is 50.6 Å². The SMILES string of the molecule is CCCOc1sc(C(=O)N2CCC3(CC2)CN(S(=O)(=O)O)c2ccc(CN)cc23)c(C)c1Br.COC(=O)c1ccc(S(=O)(=O)N2CC3(CCN(C(=O)c4ccc(C#Cc5ccccc5)o4)CC3)c3cc(CN)ccc32)o1.NCc1ccc2c(c1)C1(CCN(C(=O)c3ccc(C#Cc4ccccc4)o3)CC1)CN2S(=O)(=O)c1csc(C(=O)O)c1. The molecule has 0 bridgehead atoms. The number of nitrogens with two attached hydrogens (primary N) is 3. The normalized spacial score (nSPS) is 16.2. The quantitative estimate of drug-likeness (QED) is 0.0341. The van der Waals surface area contributed by atoms with Gasteiger partial charge in [-0.05, 0) is 204 Å². The summed E-state index contributed by atoms with van der Waals surface area (Å²) >= 11 is 5.78. The van der Waals surface area contributed by atoms with Crippen LogP contribution in [-0.2, 0) is 71.0 Å². The number of rotatable bonds is 16. The Balaban J connectivity index is 0.000000147. The van der Waals surface area contributed by atoms with Crippen molar-refractivity contribution in [1.82, 2.24) is 14.7 Å². The van der Waals surface area contributed by atoms with Crippen LogP contribution in [0.3, 0.4) is 0 Å². The van der Waals surface area contributed by atoms with Crippen LogP contribution in [0.2, 0.25) is 0 Å². The first-order chi connectivity index (χ1) is 56.5. The third-order valence-electron chi connectivity index (χ3n) is 22.5. The third kappa shape index (κ3) is 16.7. The van der Waals surface area contributed by atoms with Crippen LogP contribution in [0, 0.1) is 30.6 Å². The number of sulfonamides is 2. The highest BCUT2D eigenvalue weighted by Crippen LogP contribution is 2.53. The van der Waals surface area contributed by atoms with Crippen LogP contribution in [0.15, 0.2) is 191 Å². The number of ether oxygens (including phenoxy) is 2. The number of anilines is 3. The highest BCUT2D eigenvalue weighted by molar-refractivity contribution is 9.10. The minimum Gasteiger partial charge on any atom is -0.483 e. The summed E-state index contributed by atoms with van der Waals surface area (Å²) in [6.45, 7) is 8.60. The van der Waals surface area contributed by atoms with E-state index in [2.05, 4.69) is 44.3 Å². The molecule has 33 heteroatoms. The molecule has 0 unspecified atom stereocenters. The molecule has 10 aromatic rings. The molecule has 16 rings (SSSR count). The van der Waals surface area contributed by atoms with E-state index in [-0.39, 0.29) is 69.5 Å². The zero-order valence-corrected chi connectivity index (χ0v) is 70.2. The summed E-state index contributed by atoms with van der Waals surface area (Å²) in [5.74, 6) is 10.5. The second kappa shape index (κ2) is 34.3. The average Bonchev–Trinajstić information content (AvgIpc) is 1.58. The second-order valence-electron chi connectivity index (χ2n) is 29.5. The molecule has 8 N–H and O–H groups in total. The van der Waals surface area contributed by atoms with Gasteiger partial charge in [0.1, 0.15) is 4.88 Å². The smallest absolute Gasteiger partial charge is 0.374 e. The molecule has 27 nitrogen and oxygen atoms in total. The molecular formula is C85H84BrN9O18S5. The predicted octanol–water partition coefficient (Wildman–Crippen LogP) is 12.0. The monoisotopic (exact) mass is 1760 g/mol. The van der Waals surface area contributed by atoms with Crippen molar-refractivity contribution in [3.05, 3.63) is 256 Å². The fourth-order valence-corrected chi connectivity index (χ4v) is 22.7. The summed E-state index contributed by atoms with van der Waals surface area (Å²) in [5, 5.41) is 11.0. The van der Waals surface area contributed by atoms with Gasteiger partial charge in [-0.25, -0.2) is 22.3 Å². The number of likely N-dealkylation sites (tertiary alicyclic amines) is 3. The van der Waals surface area contributed by atoms with Gasteiger partial charge >= 0.3 is 22.2 Å². The fourth-order valence-electron chi connectivity index (χ4n) is 16.0. The largest absolute Gasteiger partial charge is 0.483 e. The van der Waals surface area contributed by atoms with Crippen molar-refractivity contribution < 1.29 is 81.6 Å². The molecule has 11 heterocycles. The van der Waals surface area contributed by atoms with E-state index < -0.39 is 58.5 Å². The number of carbonyl (C=O) groups excluding carboxylic acids is 4. The number of halogens is 1. The van der Waals surface area contributed by atoms with Crippen molar-refractivity contribution in [3.8, 4) is 28.7 Å². The molecule has 6 aliphatic heterocycles. The number of aromatic carboxylic acids is 1. The van der Waals surface area contributed by atoms with Crippen molar-refractivity contribution >= 4 is 116 Å². The number of carboxylic acids is 1. The molecule has 3 spiro atoms. The number of nitrogens with zero attached hydrogens (tertiary/aromatic N) is 6. The van der Waals surface area contributed by atoms with Gasteiger partial charge in [0.25, 0.3) is 37.8 Å². The van der Waals surface area contributed by atoms with Gasteiger partial charge < -0.3 is 59.7 Å². The Morgan fingerprint density at radius 1 is 0.534 bits per heavy atom. The van der Waals surface area contributed by atoms with Gasteiger partial charge in [0.2, 0.25) is 10.9 Å². The zero-order chi connectivity index (χ0) is 83.6. The number of fused-ring (bicyclic) bond motifs is 6. The predicted molar refractivity (Wildman–Crippen MR) is 448 cm³/mol. The first-order valence-electron chi connectivity index (χ1n) is 38.0. The minimum atomic E-state index is -4.40. The van der Waals surface area contributed by atoms with Gasteiger partial charge in [-0.15, -0.1) is 11.3 Å². The maximum absolute atomic E-state index is 13.8. The molecular weight excluding hydrogens is 1680 g/mol. The lowest BCUT2D eigenvalue weighted by Crippen LogP contribution is -2.47. The number of carbonyl (C=O) groups is 5. The Labute approximate surface area is 699 Å². The lowest BCUT2D eigenvalue weighted by atomic mass is 9.74. The maximum Gasteiger partial charge on any atom is 0.374 e. The van der Waals surface area contributed by atoms with Crippen LogP contribution in [-0.4, -0.2) is 152 Å². The number of hydrogen-bond acceptors (Lipinski definition) is 21. The van der Waals surface area contributed by atoms with Gasteiger partial charge in [0, 0.05) is 111 Å². The number of amides is 3. The molecule has 0 radical (unpaired) electrons. The van der Waals surface area contributed by atoms with E-state index in [0.29, 0.717) is 143 Å². The average molecular weight is 1760 g/mol. The van der Waals surface area contributed by atoms with Crippen LogP contribution < -0.4 is 34.9 Å². The standard InChI is InChI=1S/C32H29N3O7S.C31H27N3O6S2.C22H28BrN3O5S2/c1-40-31(37)28-13-14-29(42-28)43(38,39)35-21-32(25-19-23(20-33)8-11-26(25)35)15-17-34(18-16-32)30(36)27-12-10-24(41-27)9-7-22-5-3-2-4-6-22;32-18-22-7-10-26-25(16-22)31(20-34(26)42(38,39)24-17-28(30(36)37)41-19-24)12-14-33(15-13-31)29(35)27-11-9-23(40-27)8-6-21-4-2-1-3-5-21;1-3-10-31-21-18(23)14(2)19(32-21)20(27)25-8-6-22(7-9-25)13-26(33(28,29)30)17-5-4-15(12-24)11-16(17)22/h2-6,8,10-14,19H,15-18,20-21,33H2,1H3;1-5,7,9-11,16-17,19H,12-15,18,20,32H2,(H,36,37);4-5,11H,3,6-10,12-13,24H2,1-2H3,(H,28,29,30). The summed E-state index contributed by atoms with van der Waals surface area (Å²) < 4.78 is 121. The summed E-state index contributed by atoms with van der Waals surface area (Å²) in [6, 6.07) is 45.8. The van der Waals surface area contributed by atoms with Crippen molar-refractivity contribution in [1.29, 1.82) is 0 Å². The summed E-state index contributed by atoms with van der Waals surface area (Å²) in [6.07, 6.45) is 4.20. The van der Waals surface area contributed by atoms with E-state index >= 15 is 0 Å². The molecule has 118 heavy (non-hydrogen) atoms. The first kappa shape index (κ1) is 83.7. The van der Waals surface area contributed by atoms with Crippen LogP contribution in [0.25, 0.3) is 0 Å². The maximum atomic E-state index is 13.8. The molecule has 614 valence electrons. The van der Waals surface area contributed by atoms with Crippen LogP contribution in [0.4, 0.5) is 17.1 Å². The highest BCUT2D eigenvalue weighted by Gasteiger charge is 2.53. The first-order valence-corrected chi connectivity index (χ1v) is 44.8. The van der Waals surface area contributed by atoms with Gasteiger partial charge in [0.15, 0.2) is 28.1 Å². The molecule has 3 amide bonds. The number of esters is 1. The molecule has 5 aromatic carbocycles. The summed E-state index contributed by atoms with van der Waals surface area (Å²) in [7, 11) is -11.4. The Kier molecular flexibility index (Phi) is 24.3. The number of carboxylic acid groups (broad SMARTS) is 1. The highest BCUT2D eigenvalue weighted by atomic mass is 79.9. The number of piperidine rings is 3. The van der Waals surface area contributed by atoms with Crippen LogP contribution in [0.5, 0.6) is 5.06 Å². The molecule has 5 aromatic heterocycles. The zero-order valence-electron chi connectivity index (χ0n) is 64.5. The molecule has 0 aliphatic carbocycles. The van der Waals surface area contributed by atoms with Gasteiger partial charge in [0.05, 0.1) is 45.0 Å². The van der Waals surface area contributed by atoms with Crippen molar-refractivity contribution in [2.45, 2.75) is 105 Å². The number of hydrogen-bond donors (Lipinski definition) is 5. The lowest BCUT2D eigenvalue weighted by molar-refractivity contribution is 0.0556. The van der Waals surface area contributed by atoms with Gasteiger partial charge in [-0.3, -0.25) is 27.5 Å².